The lowest BCUT2D eigenvalue weighted by Crippen LogP contribution is -2.39. The van der Waals surface area contributed by atoms with Gasteiger partial charge in [0.1, 0.15) is 17.3 Å². The minimum atomic E-state index is 0.381. The lowest BCUT2D eigenvalue weighted by atomic mass is 10.0. The molecule has 0 amide bonds. The Morgan fingerprint density at radius 3 is 2.62 bits per heavy atom. The maximum Gasteiger partial charge on any atom is 0.158 e. The van der Waals surface area contributed by atoms with Crippen LogP contribution in [0.1, 0.15) is 24.4 Å². The number of pyridine rings is 1. The van der Waals surface area contributed by atoms with Gasteiger partial charge in [-0.1, -0.05) is 36.4 Å². The second-order valence-electron chi connectivity index (χ2n) is 8.13. The van der Waals surface area contributed by atoms with Gasteiger partial charge in [0.05, 0.1) is 11.1 Å². The van der Waals surface area contributed by atoms with Crippen molar-refractivity contribution in [3.05, 3.63) is 71.6 Å². The average molecular weight is 446 g/mol. The number of likely N-dealkylation sites (tertiary alicyclic amines) is 1. The molecule has 0 radical (unpaired) electrons. The Balaban J connectivity index is 1.37. The molecule has 3 aromatic heterocycles. The van der Waals surface area contributed by atoms with E-state index in [-0.39, 0.29) is 0 Å². The minimum absolute atomic E-state index is 0.381. The predicted octanol–water partition coefficient (Wildman–Crippen LogP) is 4.98. The van der Waals surface area contributed by atoms with Crippen molar-refractivity contribution in [3.8, 4) is 11.1 Å². The molecule has 4 aromatic rings. The first-order valence-electron chi connectivity index (χ1n) is 11.0. The van der Waals surface area contributed by atoms with Crippen LogP contribution in [0, 0.1) is 0 Å². The van der Waals surface area contributed by atoms with Crippen molar-refractivity contribution in [3.63, 3.8) is 0 Å². The topological polar surface area (TPSA) is 63.2 Å². The fourth-order valence-corrected chi connectivity index (χ4v) is 5.23. The summed E-state index contributed by atoms with van der Waals surface area (Å²) in [6.07, 6.45) is 4.01. The zero-order valence-corrected chi connectivity index (χ0v) is 19.0. The Morgan fingerprint density at radius 1 is 1.06 bits per heavy atom. The zero-order valence-electron chi connectivity index (χ0n) is 18.2. The molecule has 1 fully saturated rings. The van der Waals surface area contributed by atoms with E-state index in [2.05, 4.69) is 57.0 Å². The second kappa shape index (κ2) is 9.73. The molecule has 0 bridgehead atoms. The number of benzene rings is 1. The number of hydrogen-bond acceptors (Lipinski definition) is 7. The Kier molecular flexibility index (Phi) is 6.39. The van der Waals surface area contributed by atoms with E-state index < -0.39 is 0 Å². The summed E-state index contributed by atoms with van der Waals surface area (Å²) in [5, 5.41) is 7.06. The number of nitrogens with one attached hydrogen (secondary N) is 1. The summed E-state index contributed by atoms with van der Waals surface area (Å²) in [6.45, 7) is 3.41. The van der Waals surface area contributed by atoms with Crippen molar-refractivity contribution in [1.29, 1.82) is 0 Å². The summed E-state index contributed by atoms with van der Waals surface area (Å²) in [4.78, 5) is 17.6. The fourth-order valence-electron chi connectivity index (χ4n) is 4.26. The van der Waals surface area contributed by atoms with E-state index in [9.17, 15) is 0 Å². The summed E-state index contributed by atoms with van der Waals surface area (Å²) >= 11 is 1.66. The van der Waals surface area contributed by atoms with Crippen molar-refractivity contribution in [2.75, 3.05) is 25.5 Å². The molecule has 1 N–H and O–H groups in total. The van der Waals surface area contributed by atoms with E-state index in [1.54, 1.807) is 18.4 Å². The molecule has 1 aliphatic rings. The van der Waals surface area contributed by atoms with Crippen LogP contribution in [-0.4, -0.2) is 46.1 Å². The smallest absolute Gasteiger partial charge is 0.158 e. The maximum absolute atomic E-state index is 5.32. The third-order valence-electron chi connectivity index (χ3n) is 5.88. The van der Waals surface area contributed by atoms with Crippen molar-refractivity contribution in [1.82, 2.24) is 19.9 Å². The Bertz CT molecular complexity index is 1160. The predicted molar refractivity (Wildman–Crippen MR) is 130 cm³/mol. The molecule has 0 aliphatic carbocycles. The van der Waals surface area contributed by atoms with Gasteiger partial charge >= 0.3 is 0 Å². The first kappa shape index (κ1) is 21.0. The van der Waals surface area contributed by atoms with E-state index in [4.69, 9.17) is 14.7 Å². The third-order valence-corrected chi connectivity index (χ3v) is 6.75. The van der Waals surface area contributed by atoms with Crippen LogP contribution in [0.3, 0.4) is 0 Å². The van der Waals surface area contributed by atoms with E-state index in [1.807, 2.05) is 18.3 Å². The average Bonchev–Trinajstić information content (AvgIpc) is 3.26. The van der Waals surface area contributed by atoms with Gasteiger partial charge < -0.3 is 10.1 Å². The lowest BCUT2D eigenvalue weighted by Gasteiger charge is -2.32. The molecule has 32 heavy (non-hydrogen) atoms. The van der Waals surface area contributed by atoms with Gasteiger partial charge in [-0.15, -0.1) is 11.3 Å². The quantitative estimate of drug-likeness (QED) is 0.433. The van der Waals surface area contributed by atoms with E-state index >= 15 is 0 Å². The molecule has 6 nitrogen and oxygen atoms in total. The van der Waals surface area contributed by atoms with Crippen molar-refractivity contribution >= 4 is 27.4 Å². The molecular formula is C25H27N5OS. The molecule has 0 spiro atoms. The SMILES string of the molecule is COCc1nc(NC2CCN(Cc3ccccn3)CC2)c2c(-c3ccccc3)csc2n1. The molecule has 4 heterocycles. The third kappa shape index (κ3) is 4.65. The highest BCUT2D eigenvalue weighted by atomic mass is 32.1. The fraction of sp³-hybridized carbons (Fsp3) is 0.320. The van der Waals surface area contributed by atoms with E-state index in [0.717, 1.165) is 60.0 Å². The van der Waals surface area contributed by atoms with Gasteiger partial charge in [0.25, 0.3) is 0 Å². The number of fused-ring (bicyclic) bond motifs is 1. The number of piperidine rings is 1. The maximum atomic E-state index is 5.32. The molecule has 0 saturated carbocycles. The summed E-state index contributed by atoms with van der Waals surface area (Å²) in [5.74, 6) is 1.64. The molecular weight excluding hydrogens is 418 g/mol. The molecule has 1 saturated heterocycles. The van der Waals surface area contributed by atoms with E-state index in [1.165, 1.54) is 11.1 Å². The van der Waals surface area contributed by atoms with Crippen LogP contribution >= 0.6 is 11.3 Å². The Labute approximate surface area is 192 Å². The van der Waals surface area contributed by atoms with Gasteiger partial charge in [-0.3, -0.25) is 9.88 Å². The summed E-state index contributed by atoms with van der Waals surface area (Å²) < 4.78 is 5.32. The van der Waals surface area contributed by atoms with Gasteiger partial charge in [0.2, 0.25) is 0 Å². The molecule has 1 aromatic carbocycles. The number of nitrogens with zero attached hydrogens (tertiary/aromatic N) is 4. The highest BCUT2D eigenvalue weighted by molar-refractivity contribution is 7.17. The van der Waals surface area contributed by atoms with Crippen LogP contribution in [0.5, 0.6) is 0 Å². The molecule has 0 unspecified atom stereocenters. The number of rotatable bonds is 7. The van der Waals surface area contributed by atoms with Crippen LogP contribution in [0.2, 0.25) is 0 Å². The number of ether oxygens (including phenoxy) is 1. The standard InChI is InChI=1S/C25H27N5OS/c1-31-16-22-28-24(23-21(17-32-25(23)29-22)18-7-3-2-4-8-18)27-19-10-13-30(14-11-19)15-20-9-5-6-12-26-20/h2-9,12,17,19H,10-11,13-16H2,1H3,(H,27,28,29). The van der Waals surface area contributed by atoms with Gasteiger partial charge in [-0.25, -0.2) is 9.97 Å². The van der Waals surface area contributed by atoms with Crippen LogP contribution in [0.4, 0.5) is 5.82 Å². The minimum Gasteiger partial charge on any atom is -0.377 e. The van der Waals surface area contributed by atoms with Crippen LogP contribution < -0.4 is 5.32 Å². The molecule has 164 valence electrons. The number of anilines is 1. The van der Waals surface area contributed by atoms with Gasteiger partial charge in [0.15, 0.2) is 5.82 Å². The monoisotopic (exact) mass is 445 g/mol. The number of thiophene rings is 1. The van der Waals surface area contributed by atoms with Crippen LogP contribution in [0.25, 0.3) is 21.3 Å². The van der Waals surface area contributed by atoms with Crippen molar-refractivity contribution in [2.24, 2.45) is 0 Å². The number of hydrogen-bond donors (Lipinski definition) is 1. The van der Waals surface area contributed by atoms with Crippen molar-refractivity contribution in [2.45, 2.75) is 32.0 Å². The van der Waals surface area contributed by atoms with Crippen LogP contribution in [0.15, 0.2) is 60.1 Å². The van der Waals surface area contributed by atoms with Crippen molar-refractivity contribution < 1.29 is 4.74 Å². The van der Waals surface area contributed by atoms with Gasteiger partial charge in [-0.2, -0.15) is 0 Å². The van der Waals surface area contributed by atoms with Gasteiger partial charge in [0, 0.05) is 49.9 Å². The molecule has 1 aliphatic heterocycles. The first-order valence-corrected chi connectivity index (χ1v) is 11.9. The molecule has 0 atom stereocenters. The molecule has 5 rings (SSSR count). The Hall–Kier alpha value is -2.87. The largest absolute Gasteiger partial charge is 0.377 e. The highest BCUT2D eigenvalue weighted by Gasteiger charge is 2.22. The zero-order chi connectivity index (χ0) is 21.8. The normalized spacial score (nSPS) is 15.3. The first-order chi connectivity index (χ1) is 15.8. The lowest BCUT2D eigenvalue weighted by molar-refractivity contribution is 0.178. The summed E-state index contributed by atoms with van der Waals surface area (Å²) in [7, 11) is 1.68. The van der Waals surface area contributed by atoms with E-state index in [0.29, 0.717) is 12.6 Å². The number of methoxy groups -OCH3 is 1. The van der Waals surface area contributed by atoms with Crippen LogP contribution in [-0.2, 0) is 17.9 Å². The number of aromatic nitrogens is 3. The Morgan fingerprint density at radius 2 is 1.88 bits per heavy atom. The highest BCUT2D eigenvalue weighted by Crippen LogP contribution is 2.37. The van der Waals surface area contributed by atoms with Gasteiger partial charge in [-0.05, 0) is 30.5 Å². The summed E-state index contributed by atoms with van der Waals surface area (Å²) in [6, 6.07) is 17.0. The molecule has 7 heteroatoms. The summed E-state index contributed by atoms with van der Waals surface area (Å²) in [5.41, 5.74) is 3.51. The second-order valence-corrected chi connectivity index (χ2v) is 8.99.